The Balaban J connectivity index is 1.29. The molecule has 0 aliphatic carbocycles. The third-order valence-electron chi connectivity index (χ3n) is 6.27. The number of hydrogen-bond acceptors (Lipinski definition) is 7. The molecule has 4 heterocycles. The number of rotatable bonds is 3. The minimum Gasteiger partial charge on any atom is -0.337 e. The Morgan fingerprint density at radius 2 is 1.92 bits per heavy atom. The number of urea groups is 1. The highest BCUT2D eigenvalue weighted by Gasteiger charge is 2.34. The van der Waals surface area contributed by atoms with Gasteiger partial charge in [-0.3, -0.25) is 4.68 Å². The van der Waals surface area contributed by atoms with Crippen LogP contribution in [-0.4, -0.2) is 68.1 Å². The van der Waals surface area contributed by atoms with E-state index >= 15 is 0 Å². The Morgan fingerprint density at radius 1 is 1.14 bits per heavy atom. The number of anilines is 1. The minimum atomic E-state index is -0.537. The van der Waals surface area contributed by atoms with Crippen LogP contribution in [0, 0.1) is 29.9 Å². The van der Waals surface area contributed by atoms with Gasteiger partial charge in [-0.25, -0.2) is 28.6 Å². The molecule has 2 aliphatic rings. The van der Waals surface area contributed by atoms with Gasteiger partial charge in [0.05, 0.1) is 35.3 Å². The normalized spacial score (nSPS) is 17.5. The summed E-state index contributed by atoms with van der Waals surface area (Å²) in [7, 11) is 1.73. The molecule has 1 saturated heterocycles. The molecule has 1 aromatic carbocycles. The van der Waals surface area contributed by atoms with Crippen LogP contribution in [0.4, 0.5) is 19.5 Å². The van der Waals surface area contributed by atoms with Gasteiger partial charge in [0.15, 0.2) is 5.82 Å². The number of halogens is 2. The number of amides is 2. The molecule has 2 aromatic heterocycles. The lowest BCUT2D eigenvalue weighted by atomic mass is 10.0. The van der Waals surface area contributed by atoms with Crippen LogP contribution >= 0.6 is 0 Å². The van der Waals surface area contributed by atoms with Crippen molar-refractivity contribution in [1.82, 2.24) is 29.7 Å². The van der Waals surface area contributed by atoms with Crippen LogP contribution in [0.5, 0.6) is 0 Å². The molecule has 36 heavy (non-hydrogen) atoms. The van der Waals surface area contributed by atoms with Crippen molar-refractivity contribution in [3.05, 3.63) is 58.9 Å². The Hall–Kier alpha value is -4.40. The fraction of sp³-hybridized carbons (Fsp3) is 0.333. The number of aryl methyl sites for hydroxylation is 2. The average molecular weight is 492 g/mol. The zero-order valence-electron chi connectivity index (χ0n) is 19.8. The summed E-state index contributed by atoms with van der Waals surface area (Å²) >= 11 is 0. The lowest BCUT2D eigenvalue weighted by Crippen LogP contribution is -2.52. The molecule has 1 unspecified atom stereocenters. The van der Waals surface area contributed by atoms with Crippen molar-refractivity contribution in [2.45, 2.75) is 19.4 Å². The smallest absolute Gasteiger partial charge is 0.337 e. The molecule has 0 saturated carbocycles. The average Bonchev–Trinajstić information content (AvgIpc) is 3.49. The summed E-state index contributed by atoms with van der Waals surface area (Å²) in [5, 5.41) is 19.0. The van der Waals surface area contributed by atoms with Crippen molar-refractivity contribution in [2.75, 3.05) is 31.1 Å². The molecule has 10 nitrogen and oxygen atoms in total. The number of carbonyl (C=O) groups excluding carboxylic acids is 1. The van der Waals surface area contributed by atoms with Crippen molar-refractivity contribution >= 4 is 18.2 Å². The molecule has 0 bridgehead atoms. The lowest BCUT2D eigenvalue weighted by molar-refractivity contribution is 0.139. The van der Waals surface area contributed by atoms with Gasteiger partial charge in [-0.15, -0.1) is 0 Å². The van der Waals surface area contributed by atoms with Gasteiger partial charge in [0.2, 0.25) is 5.95 Å². The van der Waals surface area contributed by atoms with Gasteiger partial charge in [0.1, 0.15) is 11.5 Å². The van der Waals surface area contributed by atoms with Gasteiger partial charge in [0.25, 0.3) is 0 Å². The quantitative estimate of drug-likeness (QED) is 0.558. The third-order valence-corrected chi connectivity index (χ3v) is 6.27. The van der Waals surface area contributed by atoms with E-state index in [0.717, 1.165) is 18.0 Å². The maximum Gasteiger partial charge on any atom is 0.341 e. The second-order valence-electron chi connectivity index (χ2n) is 8.70. The number of piperazine rings is 1. The summed E-state index contributed by atoms with van der Waals surface area (Å²) in [6.07, 6.45) is 3.19. The summed E-state index contributed by atoms with van der Waals surface area (Å²) in [6.45, 7) is 3.48. The first-order valence-electron chi connectivity index (χ1n) is 11.4. The number of carbonyl (C=O) groups is 1. The molecule has 0 spiro atoms. The highest BCUT2D eigenvalue weighted by Crippen LogP contribution is 2.31. The standard InChI is InChI=1S/C24H23F2N9O/c1-15-9-21(32(2)31-15)22-19(26)14-28-23(30-22)33-5-7-34(8-6-33)24(36)35-20(3-4-29-35)17-10-16(13-27)11-18(25)12-17/h4,9-12,14,20H,3,5-8H2,1-2H3. The highest BCUT2D eigenvalue weighted by atomic mass is 19.1. The number of benzene rings is 1. The molecule has 184 valence electrons. The minimum absolute atomic E-state index is 0.169. The monoisotopic (exact) mass is 491 g/mol. The van der Waals surface area contributed by atoms with Crippen molar-refractivity contribution in [2.24, 2.45) is 12.1 Å². The predicted octanol–water partition coefficient (Wildman–Crippen LogP) is 3.01. The van der Waals surface area contributed by atoms with Gasteiger partial charge in [-0.1, -0.05) is 0 Å². The van der Waals surface area contributed by atoms with E-state index in [4.69, 9.17) is 5.26 Å². The highest BCUT2D eigenvalue weighted by molar-refractivity contribution is 5.79. The summed E-state index contributed by atoms with van der Waals surface area (Å²) in [5.74, 6) is -0.694. The Kier molecular flexibility index (Phi) is 6.05. The van der Waals surface area contributed by atoms with E-state index in [9.17, 15) is 13.6 Å². The van der Waals surface area contributed by atoms with Crippen molar-refractivity contribution in [3.8, 4) is 17.5 Å². The molecule has 2 aliphatic heterocycles. The first kappa shape index (κ1) is 23.3. The molecule has 12 heteroatoms. The summed E-state index contributed by atoms with van der Waals surface area (Å²) < 4.78 is 30.1. The zero-order valence-corrected chi connectivity index (χ0v) is 19.8. The van der Waals surface area contributed by atoms with E-state index in [1.54, 1.807) is 35.0 Å². The van der Waals surface area contributed by atoms with Gasteiger partial charge in [-0.2, -0.15) is 15.5 Å². The van der Waals surface area contributed by atoms with Crippen molar-refractivity contribution in [1.29, 1.82) is 5.26 Å². The van der Waals surface area contributed by atoms with Crippen LogP contribution in [0.15, 0.2) is 35.6 Å². The second kappa shape index (κ2) is 9.33. The van der Waals surface area contributed by atoms with Gasteiger partial charge in [-0.05, 0) is 36.8 Å². The van der Waals surface area contributed by atoms with Crippen LogP contribution in [0.2, 0.25) is 0 Å². The Labute approximate surface area is 206 Å². The largest absolute Gasteiger partial charge is 0.341 e. The van der Waals surface area contributed by atoms with E-state index in [1.165, 1.54) is 11.1 Å². The van der Waals surface area contributed by atoms with E-state index in [0.29, 0.717) is 49.8 Å². The van der Waals surface area contributed by atoms with E-state index < -0.39 is 17.7 Å². The molecule has 0 N–H and O–H groups in total. The Bertz CT molecular complexity index is 1390. The second-order valence-corrected chi connectivity index (χ2v) is 8.70. The van der Waals surface area contributed by atoms with Gasteiger partial charge >= 0.3 is 6.03 Å². The van der Waals surface area contributed by atoms with E-state index in [2.05, 4.69) is 20.2 Å². The van der Waals surface area contributed by atoms with Crippen LogP contribution in [-0.2, 0) is 7.05 Å². The molecule has 5 rings (SSSR count). The van der Waals surface area contributed by atoms with Crippen molar-refractivity contribution in [3.63, 3.8) is 0 Å². The maximum atomic E-state index is 14.5. The van der Waals surface area contributed by atoms with Crippen LogP contribution in [0.3, 0.4) is 0 Å². The molecule has 1 atom stereocenters. The molecule has 3 aromatic rings. The molecule has 2 amide bonds. The molecular weight excluding hydrogens is 468 g/mol. The predicted molar refractivity (Wildman–Crippen MR) is 127 cm³/mol. The van der Waals surface area contributed by atoms with Gasteiger partial charge < -0.3 is 9.80 Å². The van der Waals surface area contributed by atoms with E-state index in [-0.39, 0.29) is 17.3 Å². The number of hydrogen-bond donors (Lipinski definition) is 0. The first-order chi connectivity index (χ1) is 17.3. The summed E-state index contributed by atoms with van der Waals surface area (Å²) in [4.78, 5) is 25.4. The fourth-order valence-electron chi connectivity index (χ4n) is 4.51. The van der Waals surface area contributed by atoms with Crippen LogP contribution < -0.4 is 4.90 Å². The third kappa shape index (κ3) is 4.35. The van der Waals surface area contributed by atoms with Crippen LogP contribution in [0.25, 0.3) is 11.4 Å². The van der Waals surface area contributed by atoms with Crippen LogP contribution in [0.1, 0.15) is 29.3 Å². The maximum absolute atomic E-state index is 14.5. The number of aromatic nitrogens is 4. The van der Waals surface area contributed by atoms with E-state index in [1.807, 2.05) is 17.9 Å². The van der Waals surface area contributed by atoms with Gasteiger partial charge in [0, 0.05) is 45.9 Å². The Morgan fingerprint density at radius 3 is 2.61 bits per heavy atom. The number of hydrazone groups is 1. The summed E-state index contributed by atoms with van der Waals surface area (Å²) in [6, 6.07) is 6.97. The topological polar surface area (TPSA) is 107 Å². The van der Waals surface area contributed by atoms with Crippen molar-refractivity contribution < 1.29 is 13.6 Å². The molecule has 1 fully saturated rings. The fourth-order valence-corrected chi connectivity index (χ4v) is 4.51. The molecule has 0 radical (unpaired) electrons. The zero-order chi connectivity index (χ0) is 25.4. The number of nitrogens with zero attached hydrogens (tertiary/aromatic N) is 9. The number of nitriles is 1. The summed E-state index contributed by atoms with van der Waals surface area (Å²) in [5.41, 5.74) is 2.19. The lowest BCUT2D eigenvalue weighted by Gasteiger charge is -2.37. The first-order valence-corrected chi connectivity index (χ1v) is 11.4. The SMILES string of the molecule is Cc1cc(-c2nc(N3CCN(C(=O)N4N=CCC4c4cc(F)cc(C#N)c4)CC3)ncc2F)n(C)n1. The molecular formula is C24H23F2N9O.